The fourth-order valence-electron chi connectivity index (χ4n) is 3.13. The number of hydrogen-bond donors (Lipinski definition) is 1. The van der Waals surface area contributed by atoms with Crippen molar-refractivity contribution >= 4 is 0 Å². The van der Waals surface area contributed by atoms with E-state index in [-0.39, 0.29) is 0 Å². The third kappa shape index (κ3) is 2.29. The van der Waals surface area contributed by atoms with Gasteiger partial charge in [-0.2, -0.15) is 0 Å². The molecule has 2 aliphatic rings. The molecule has 0 radical (unpaired) electrons. The summed E-state index contributed by atoms with van der Waals surface area (Å²) in [6.45, 7) is 1.22. The Bertz CT molecular complexity index is 164. The predicted octanol–water partition coefficient (Wildman–Crippen LogP) is 2.33. The molecule has 14 heavy (non-hydrogen) atoms. The van der Waals surface area contributed by atoms with Gasteiger partial charge in [-0.1, -0.05) is 19.3 Å². The second-order valence-electron chi connectivity index (χ2n) is 4.78. The monoisotopic (exact) mass is 197 g/mol. The van der Waals surface area contributed by atoms with Crippen LogP contribution >= 0.6 is 0 Å². The van der Waals surface area contributed by atoms with Gasteiger partial charge in [0.2, 0.25) is 0 Å². The first-order valence-electron chi connectivity index (χ1n) is 6.18. The third-order valence-electron chi connectivity index (χ3n) is 3.92. The Hall–Kier alpha value is -0.0800. The van der Waals surface area contributed by atoms with E-state index in [1.165, 1.54) is 51.5 Å². The van der Waals surface area contributed by atoms with Crippen LogP contribution < -0.4 is 5.32 Å². The van der Waals surface area contributed by atoms with Gasteiger partial charge in [0.15, 0.2) is 0 Å². The molecular formula is C12H23NO. The summed E-state index contributed by atoms with van der Waals surface area (Å²) in [6.07, 6.45) is 10.1. The van der Waals surface area contributed by atoms with Crippen LogP contribution in [0.25, 0.3) is 0 Å². The number of rotatable bonds is 2. The molecule has 0 aromatic heterocycles. The summed E-state index contributed by atoms with van der Waals surface area (Å²) in [5, 5.41) is 3.71. The highest BCUT2D eigenvalue weighted by molar-refractivity contribution is 4.88. The van der Waals surface area contributed by atoms with Gasteiger partial charge >= 0.3 is 0 Å². The van der Waals surface area contributed by atoms with E-state index in [2.05, 4.69) is 5.32 Å². The van der Waals surface area contributed by atoms with Crippen molar-refractivity contribution in [2.75, 3.05) is 13.7 Å². The minimum absolute atomic E-state index is 0.533. The van der Waals surface area contributed by atoms with Crippen molar-refractivity contribution in [1.29, 1.82) is 0 Å². The predicted molar refractivity (Wildman–Crippen MR) is 58.4 cm³/mol. The maximum atomic E-state index is 5.58. The van der Waals surface area contributed by atoms with Crippen molar-refractivity contribution in [2.24, 2.45) is 5.92 Å². The summed E-state index contributed by atoms with van der Waals surface area (Å²) in [4.78, 5) is 0. The molecule has 82 valence electrons. The highest BCUT2D eigenvalue weighted by Crippen LogP contribution is 2.32. The molecule has 1 aliphatic carbocycles. The number of methoxy groups -OCH3 is 1. The van der Waals surface area contributed by atoms with Crippen LogP contribution in [0.15, 0.2) is 0 Å². The number of nitrogens with one attached hydrogen (secondary N) is 1. The van der Waals surface area contributed by atoms with E-state index in [9.17, 15) is 0 Å². The SMILES string of the molecule is COC1CCCC1C1CCCCCN1. The molecule has 2 rings (SSSR count). The minimum atomic E-state index is 0.533. The standard InChI is InChI=1S/C12H23NO/c1-14-12-8-5-6-10(12)11-7-3-2-4-9-13-11/h10-13H,2-9H2,1H3. The van der Waals surface area contributed by atoms with Gasteiger partial charge in [0.1, 0.15) is 0 Å². The Morgan fingerprint density at radius 1 is 1.00 bits per heavy atom. The van der Waals surface area contributed by atoms with Crippen molar-refractivity contribution in [3.63, 3.8) is 0 Å². The van der Waals surface area contributed by atoms with Gasteiger partial charge in [-0.25, -0.2) is 0 Å². The van der Waals surface area contributed by atoms with Gasteiger partial charge in [-0.15, -0.1) is 0 Å². The van der Waals surface area contributed by atoms with E-state index in [0.717, 1.165) is 12.0 Å². The van der Waals surface area contributed by atoms with E-state index in [4.69, 9.17) is 4.74 Å². The topological polar surface area (TPSA) is 21.3 Å². The molecule has 3 atom stereocenters. The van der Waals surface area contributed by atoms with Crippen LogP contribution in [0, 0.1) is 5.92 Å². The molecule has 1 saturated heterocycles. The molecule has 3 unspecified atom stereocenters. The lowest BCUT2D eigenvalue weighted by Gasteiger charge is -2.27. The largest absolute Gasteiger partial charge is 0.381 e. The highest BCUT2D eigenvalue weighted by atomic mass is 16.5. The molecule has 2 fully saturated rings. The van der Waals surface area contributed by atoms with Crippen molar-refractivity contribution < 1.29 is 4.74 Å². The first-order chi connectivity index (χ1) is 6.92. The third-order valence-corrected chi connectivity index (χ3v) is 3.92. The second-order valence-corrected chi connectivity index (χ2v) is 4.78. The Labute approximate surface area is 87.4 Å². The zero-order chi connectivity index (χ0) is 9.80. The van der Waals surface area contributed by atoms with Gasteiger partial charge in [0.05, 0.1) is 6.10 Å². The minimum Gasteiger partial charge on any atom is -0.381 e. The van der Waals surface area contributed by atoms with Gasteiger partial charge in [-0.05, 0) is 32.2 Å². The smallest absolute Gasteiger partial charge is 0.0614 e. The van der Waals surface area contributed by atoms with Crippen molar-refractivity contribution in [1.82, 2.24) is 5.32 Å². The van der Waals surface area contributed by atoms with Crippen LogP contribution in [-0.2, 0) is 4.74 Å². The first kappa shape index (κ1) is 10.4. The Balaban J connectivity index is 1.91. The zero-order valence-corrected chi connectivity index (χ0v) is 9.30. The van der Waals surface area contributed by atoms with E-state index in [1.54, 1.807) is 0 Å². The van der Waals surface area contributed by atoms with Crippen LogP contribution in [0.5, 0.6) is 0 Å². The Kier molecular flexibility index (Phi) is 3.82. The second kappa shape index (κ2) is 5.13. The molecule has 0 spiro atoms. The van der Waals surface area contributed by atoms with Crippen LogP contribution in [0.2, 0.25) is 0 Å². The average molecular weight is 197 g/mol. The van der Waals surface area contributed by atoms with Crippen molar-refractivity contribution in [3.8, 4) is 0 Å². The highest BCUT2D eigenvalue weighted by Gasteiger charge is 2.33. The summed E-state index contributed by atoms with van der Waals surface area (Å²) in [5.74, 6) is 0.790. The molecule has 0 aromatic carbocycles. The van der Waals surface area contributed by atoms with Crippen LogP contribution in [0.3, 0.4) is 0 Å². The molecule has 0 aromatic rings. The molecule has 1 N–H and O–H groups in total. The van der Waals surface area contributed by atoms with Crippen molar-refractivity contribution in [3.05, 3.63) is 0 Å². The van der Waals surface area contributed by atoms with Crippen LogP contribution in [-0.4, -0.2) is 25.8 Å². The zero-order valence-electron chi connectivity index (χ0n) is 9.30. The van der Waals surface area contributed by atoms with E-state index >= 15 is 0 Å². The van der Waals surface area contributed by atoms with E-state index in [0.29, 0.717) is 6.10 Å². The molecule has 2 nitrogen and oxygen atoms in total. The lowest BCUT2D eigenvalue weighted by molar-refractivity contribution is 0.0552. The first-order valence-corrected chi connectivity index (χ1v) is 6.18. The van der Waals surface area contributed by atoms with Crippen LogP contribution in [0.1, 0.15) is 44.9 Å². The molecule has 0 amide bonds. The molecule has 1 saturated carbocycles. The molecule has 1 aliphatic heterocycles. The summed E-state index contributed by atoms with van der Waals surface area (Å²) in [7, 11) is 1.87. The number of ether oxygens (including phenoxy) is 1. The lowest BCUT2D eigenvalue weighted by atomic mass is 9.92. The maximum Gasteiger partial charge on any atom is 0.0614 e. The van der Waals surface area contributed by atoms with E-state index < -0.39 is 0 Å². The lowest BCUT2D eigenvalue weighted by Crippen LogP contribution is -2.39. The van der Waals surface area contributed by atoms with E-state index in [1.807, 2.05) is 7.11 Å². The van der Waals surface area contributed by atoms with Gasteiger partial charge in [0.25, 0.3) is 0 Å². The average Bonchev–Trinajstić information content (AvgIpc) is 2.52. The summed E-state index contributed by atoms with van der Waals surface area (Å²) in [6, 6.07) is 0.741. The van der Waals surface area contributed by atoms with Crippen molar-refractivity contribution in [2.45, 2.75) is 57.1 Å². The number of hydrogen-bond acceptors (Lipinski definition) is 2. The molecule has 1 heterocycles. The fourth-order valence-corrected chi connectivity index (χ4v) is 3.13. The molecular weight excluding hydrogens is 174 g/mol. The Morgan fingerprint density at radius 3 is 2.79 bits per heavy atom. The molecule has 2 heteroatoms. The van der Waals surface area contributed by atoms with Gasteiger partial charge in [0, 0.05) is 19.1 Å². The summed E-state index contributed by atoms with van der Waals surface area (Å²) < 4.78 is 5.58. The van der Waals surface area contributed by atoms with Gasteiger partial charge in [-0.3, -0.25) is 0 Å². The fraction of sp³-hybridized carbons (Fsp3) is 1.00. The van der Waals surface area contributed by atoms with Gasteiger partial charge < -0.3 is 10.1 Å². The Morgan fingerprint density at radius 2 is 1.93 bits per heavy atom. The summed E-state index contributed by atoms with van der Waals surface area (Å²) >= 11 is 0. The quantitative estimate of drug-likeness (QED) is 0.733. The summed E-state index contributed by atoms with van der Waals surface area (Å²) in [5.41, 5.74) is 0. The van der Waals surface area contributed by atoms with Crippen LogP contribution in [0.4, 0.5) is 0 Å². The maximum absolute atomic E-state index is 5.58. The molecule has 0 bridgehead atoms. The normalized spacial score (nSPS) is 39.6.